The van der Waals surface area contributed by atoms with Gasteiger partial charge in [0.15, 0.2) is 0 Å². The summed E-state index contributed by atoms with van der Waals surface area (Å²) >= 11 is 0. The van der Waals surface area contributed by atoms with Crippen molar-refractivity contribution >= 4 is 0 Å². The first-order valence-corrected chi connectivity index (χ1v) is 5.10. The molecule has 0 aromatic heterocycles. The molecule has 15 heavy (non-hydrogen) atoms. The van der Waals surface area contributed by atoms with Gasteiger partial charge in [-0.25, -0.2) is 0 Å². The molecule has 1 aromatic rings. The van der Waals surface area contributed by atoms with Crippen LogP contribution in [0.3, 0.4) is 0 Å². The van der Waals surface area contributed by atoms with E-state index in [1.165, 1.54) is 0 Å². The molecule has 1 aromatic carbocycles. The van der Waals surface area contributed by atoms with Gasteiger partial charge in [0, 0.05) is 6.42 Å². The van der Waals surface area contributed by atoms with Gasteiger partial charge in [-0.05, 0) is 38.1 Å². The summed E-state index contributed by atoms with van der Waals surface area (Å²) in [6.07, 6.45) is 0.308. The van der Waals surface area contributed by atoms with E-state index in [2.05, 4.69) is 0 Å². The molecule has 0 radical (unpaired) electrons. The van der Waals surface area contributed by atoms with Gasteiger partial charge in [-0.2, -0.15) is 0 Å². The summed E-state index contributed by atoms with van der Waals surface area (Å²) in [5.41, 5.74) is 0. The second-order valence-corrected chi connectivity index (χ2v) is 3.69. The Morgan fingerprint density at radius 3 is 2.13 bits per heavy atom. The SMILES string of the molecule is COc1ccc(OC(C)CC(C)O)cc1. The minimum atomic E-state index is -0.335. The number of benzene rings is 1. The quantitative estimate of drug-likeness (QED) is 0.810. The molecule has 0 saturated carbocycles. The Hall–Kier alpha value is -1.22. The van der Waals surface area contributed by atoms with Crippen molar-refractivity contribution < 1.29 is 14.6 Å². The predicted molar refractivity (Wildman–Crippen MR) is 59.4 cm³/mol. The van der Waals surface area contributed by atoms with Gasteiger partial charge < -0.3 is 14.6 Å². The molecule has 2 unspecified atom stereocenters. The lowest BCUT2D eigenvalue weighted by Crippen LogP contribution is -2.18. The topological polar surface area (TPSA) is 38.7 Å². The molecule has 84 valence electrons. The highest BCUT2D eigenvalue weighted by atomic mass is 16.5. The van der Waals surface area contributed by atoms with E-state index in [-0.39, 0.29) is 12.2 Å². The normalized spacial score (nSPS) is 14.4. The van der Waals surface area contributed by atoms with E-state index in [0.717, 1.165) is 11.5 Å². The van der Waals surface area contributed by atoms with Gasteiger partial charge in [-0.1, -0.05) is 0 Å². The molecule has 0 aliphatic carbocycles. The molecule has 1 N–H and O–H groups in total. The van der Waals surface area contributed by atoms with Gasteiger partial charge >= 0.3 is 0 Å². The smallest absolute Gasteiger partial charge is 0.119 e. The Kier molecular flexibility index (Phi) is 4.43. The first kappa shape index (κ1) is 11.9. The van der Waals surface area contributed by atoms with Gasteiger partial charge in [0.2, 0.25) is 0 Å². The average Bonchev–Trinajstić information content (AvgIpc) is 2.17. The fourth-order valence-corrected chi connectivity index (χ4v) is 1.42. The molecule has 0 fully saturated rings. The molecule has 0 amide bonds. The molecular weight excluding hydrogens is 192 g/mol. The van der Waals surface area contributed by atoms with Crippen LogP contribution in [-0.4, -0.2) is 24.4 Å². The number of aliphatic hydroxyl groups excluding tert-OH is 1. The lowest BCUT2D eigenvalue weighted by molar-refractivity contribution is 0.115. The van der Waals surface area contributed by atoms with Gasteiger partial charge in [-0.3, -0.25) is 0 Å². The van der Waals surface area contributed by atoms with Crippen LogP contribution in [0.1, 0.15) is 20.3 Å². The summed E-state index contributed by atoms with van der Waals surface area (Å²) in [5, 5.41) is 9.18. The molecule has 0 aliphatic heterocycles. The zero-order valence-electron chi connectivity index (χ0n) is 9.43. The maximum absolute atomic E-state index is 9.18. The van der Waals surface area contributed by atoms with Gasteiger partial charge in [-0.15, -0.1) is 0 Å². The molecule has 0 spiro atoms. The lowest BCUT2D eigenvalue weighted by Gasteiger charge is -2.16. The van der Waals surface area contributed by atoms with Gasteiger partial charge in [0.1, 0.15) is 11.5 Å². The van der Waals surface area contributed by atoms with E-state index in [0.29, 0.717) is 6.42 Å². The third-order valence-electron chi connectivity index (χ3n) is 2.07. The van der Waals surface area contributed by atoms with E-state index >= 15 is 0 Å². The fourth-order valence-electron chi connectivity index (χ4n) is 1.42. The monoisotopic (exact) mass is 210 g/mol. The van der Waals surface area contributed by atoms with Crippen molar-refractivity contribution in [1.29, 1.82) is 0 Å². The summed E-state index contributed by atoms with van der Waals surface area (Å²) in [5.74, 6) is 1.61. The third-order valence-corrected chi connectivity index (χ3v) is 2.07. The number of aliphatic hydroxyl groups is 1. The molecular formula is C12H18O3. The van der Waals surface area contributed by atoms with Crippen molar-refractivity contribution in [2.24, 2.45) is 0 Å². The van der Waals surface area contributed by atoms with E-state index < -0.39 is 0 Å². The Labute approximate surface area is 90.6 Å². The molecule has 0 bridgehead atoms. The van der Waals surface area contributed by atoms with Crippen LogP contribution in [0.5, 0.6) is 11.5 Å². The molecule has 0 aliphatic rings. The average molecular weight is 210 g/mol. The number of ether oxygens (including phenoxy) is 2. The third kappa shape index (κ3) is 4.21. The van der Waals surface area contributed by atoms with Crippen molar-refractivity contribution in [2.75, 3.05) is 7.11 Å². The second kappa shape index (κ2) is 5.61. The summed E-state index contributed by atoms with van der Waals surface area (Å²) < 4.78 is 10.7. The Balaban J connectivity index is 2.49. The van der Waals surface area contributed by atoms with Crippen LogP contribution >= 0.6 is 0 Å². The Morgan fingerprint density at radius 2 is 1.67 bits per heavy atom. The van der Waals surface area contributed by atoms with Crippen LogP contribution in [0.15, 0.2) is 24.3 Å². The van der Waals surface area contributed by atoms with Gasteiger partial charge in [0.05, 0.1) is 19.3 Å². The highest BCUT2D eigenvalue weighted by Gasteiger charge is 2.07. The molecule has 3 nitrogen and oxygen atoms in total. The summed E-state index contributed by atoms with van der Waals surface area (Å²) in [6.45, 7) is 3.70. The first-order chi connectivity index (χ1) is 7.11. The van der Waals surface area contributed by atoms with Crippen molar-refractivity contribution in [2.45, 2.75) is 32.5 Å². The Morgan fingerprint density at radius 1 is 1.13 bits per heavy atom. The van der Waals surface area contributed by atoms with Crippen LogP contribution in [0, 0.1) is 0 Å². The summed E-state index contributed by atoms with van der Waals surface area (Å²) in [6, 6.07) is 7.42. The van der Waals surface area contributed by atoms with Crippen LogP contribution < -0.4 is 9.47 Å². The zero-order valence-corrected chi connectivity index (χ0v) is 9.43. The van der Waals surface area contributed by atoms with Crippen molar-refractivity contribution in [3.63, 3.8) is 0 Å². The standard InChI is InChI=1S/C12H18O3/c1-9(13)8-10(2)15-12-6-4-11(14-3)5-7-12/h4-7,9-10,13H,8H2,1-3H3. The second-order valence-electron chi connectivity index (χ2n) is 3.69. The molecule has 1 rings (SSSR count). The van der Waals surface area contributed by atoms with E-state index in [4.69, 9.17) is 9.47 Å². The van der Waals surface area contributed by atoms with Crippen LogP contribution in [0.25, 0.3) is 0 Å². The number of hydrogen-bond acceptors (Lipinski definition) is 3. The summed E-state index contributed by atoms with van der Waals surface area (Å²) in [4.78, 5) is 0. The number of methoxy groups -OCH3 is 1. The number of rotatable bonds is 5. The van der Waals surface area contributed by atoms with E-state index in [1.807, 2.05) is 31.2 Å². The predicted octanol–water partition coefficient (Wildman–Crippen LogP) is 2.23. The maximum atomic E-state index is 9.18. The van der Waals surface area contributed by atoms with Crippen molar-refractivity contribution in [3.8, 4) is 11.5 Å². The van der Waals surface area contributed by atoms with Crippen LogP contribution in [0.4, 0.5) is 0 Å². The van der Waals surface area contributed by atoms with E-state index in [1.54, 1.807) is 14.0 Å². The molecule has 2 atom stereocenters. The zero-order chi connectivity index (χ0) is 11.3. The van der Waals surface area contributed by atoms with Crippen molar-refractivity contribution in [3.05, 3.63) is 24.3 Å². The molecule has 0 heterocycles. The van der Waals surface area contributed by atoms with E-state index in [9.17, 15) is 5.11 Å². The minimum absolute atomic E-state index is 0.0124. The molecule has 3 heteroatoms. The van der Waals surface area contributed by atoms with Crippen molar-refractivity contribution in [1.82, 2.24) is 0 Å². The largest absolute Gasteiger partial charge is 0.497 e. The maximum Gasteiger partial charge on any atom is 0.119 e. The summed E-state index contributed by atoms with van der Waals surface area (Å²) in [7, 11) is 1.63. The highest BCUT2D eigenvalue weighted by molar-refractivity contribution is 5.31. The minimum Gasteiger partial charge on any atom is -0.497 e. The van der Waals surface area contributed by atoms with Crippen LogP contribution in [0.2, 0.25) is 0 Å². The number of hydrogen-bond donors (Lipinski definition) is 1. The highest BCUT2D eigenvalue weighted by Crippen LogP contribution is 2.19. The van der Waals surface area contributed by atoms with Crippen LogP contribution in [-0.2, 0) is 0 Å². The Bertz CT molecular complexity index is 279. The van der Waals surface area contributed by atoms with Gasteiger partial charge in [0.25, 0.3) is 0 Å². The molecule has 0 saturated heterocycles. The first-order valence-electron chi connectivity index (χ1n) is 5.10. The fraction of sp³-hybridized carbons (Fsp3) is 0.500. The lowest BCUT2D eigenvalue weighted by atomic mass is 10.2.